The van der Waals surface area contributed by atoms with Gasteiger partial charge in [-0.3, -0.25) is 9.97 Å². The summed E-state index contributed by atoms with van der Waals surface area (Å²) < 4.78 is 0. The van der Waals surface area contributed by atoms with Crippen LogP contribution in [0.5, 0.6) is 0 Å². The molecule has 0 amide bonds. The van der Waals surface area contributed by atoms with Crippen LogP contribution in [0.3, 0.4) is 0 Å². The molecule has 12 rings (SSSR count). The van der Waals surface area contributed by atoms with E-state index in [9.17, 15) is 0 Å². The molecule has 0 unspecified atom stereocenters. The van der Waals surface area contributed by atoms with Crippen molar-refractivity contribution in [1.29, 1.82) is 0 Å². The Morgan fingerprint density at radius 1 is 0.241 bits per heavy atom. The number of rotatable bonds is 4. The average molecular weight is 735 g/mol. The van der Waals surface area contributed by atoms with E-state index in [1.807, 2.05) is 0 Å². The molecule has 2 nitrogen and oxygen atoms in total. The zero-order valence-electron chi connectivity index (χ0n) is 31.5. The van der Waals surface area contributed by atoms with E-state index in [1.165, 1.54) is 87.6 Å². The van der Waals surface area contributed by atoms with Gasteiger partial charge in [-0.2, -0.15) is 0 Å². The molecule has 2 aromatic heterocycles. The quantitative estimate of drug-likeness (QED) is 0.133. The largest absolute Gasteiger partial charge is 0.256 e. The molecular weight excluding hydrogens is 701 g/mol. The number of hydrogen-bond donors (Lipinski definition) is 0. The van der Waals surface area contributed by atoms with Crippen molar-refractivity contribution in [3.63, 3.8) is 0 Å². The molecule has 0 fully saturated rings. The zero-order chi connectivity index (χ0) is 38.2. The van der Waals surface area contributed by atoms with Crippen molar-refractivity contribution >= 4 is 75.7 Å². The summed E-state index contributed by atoms with van der Waals surface area (Å²) in [4.78, 5) is 10.1. The Morgan fingerprint density at radius 3 is 1.00 bits per heavy atom. The number of para-hydroxylation sites is 2. The van der Waals surface area contributed by atoms with Gasteiger partial charge in [0.25, 0.3) is 0 Å². The number of hydrogen-bond acceptors (Lipinski definition) is 2. The Hall–Kier alpha value is -7.68. The summed E-state index contributed by atoms with van der Waals surface area (Å²) in [6.45, 7) is 0. The van der Waals surface area contributed by atoms with Crippen molar-refractivity contribution in [1.82, 2.24) is 9.97 Å². The number of benzene rings is 10. The molecule has 268 valence electrons. The van der Waals surface area contributed by atoms with Crippen molar-refractivity contribution in [3.8, 4) is 44.5 Å². The lowest BCUT2D eigenvalue weighted by molar-refractivity contribution is 1.45. The summed E-state index contributed by atoms with van der Waals surface area (Å²) in [5, 5.41) is 14.4. The third-order valence-electron chi connectivity index (χ3n) is 12.1. The molecule has 2 heteroatoms. The minimum absolute atomic E-state index is 1.000. The van der Waals surface area contributed by atoms with Gasteiger partial charge in [-0.1, -0.05) is 170 Å². The zero-order valence-corrected chi connectivity index (χ0v) is 31.5. The highest BCUT2D eigenvalue weighted by Gasteiger charge is 2.21. The van der Waals surface area contributed by atoms with Gasteiger partial charge in [-0.05, 0) is 101 Å². The maximum atomic E-state index is 5.03. The summed E-state index contributed by atoms with van der Waals surface area (Å²) in [6.07, 6.45) is 4.18. The van der Waals surface area contributed by atoms with Crippen molar-refractivity contribution in [2.45, 2.75) is 0 Å². The summed E-state index contributed by atoms with van der Waals surface area (Å²) in [5.74, 6) is 0. The molecule has 0 spiro atoms. The third kappa shape index (κ3) is 4.92. The molecule has 0 aliphatic carbocycles. The molecule has 0 aliphatic rings. The molecule has 0 saturated carbocycles. The monoisotopic (exact) mass is 734 g/mol. The molecule has 0 N–H and O–H groups in total. The summed E-state index contributed by atoms with van der Waals surface area (Å²) in [7, 11) is 0. The van der Waals surface area contributed by atoms with E-state index in [0.29, 0.717) is 0 Å². The van der Waals surface area contributed by atoms with E-state index in [4.69, 9.17) is 9.97 Å². The number of pyridine rings is 2. The average Bonchev–Trinajstić information content (AvgIpc) is 3.30. The van der Waals surface area contributed by atoms with E-state index in [1.54, 1.807) is 0 Å². The van der Waals surface area contributed by atoms with Crippen LogP contribution >= 0.6 is 0 Å². The number of nitrogens with zero attached hydrogens (tertiary/aromatic N) is 2. The van der Waals surface area contributed by atoms with Gasteiger partial charge in [-0.25, -0.2) is 0 Å². The van der Waals surface area contributed by atoms with Crippen LogP contribution in [-0.4, -0.2) is 9.97 Å². The Labute approximate surface area is 335 Å². The van der Waals surface area contributed by atoms with Crippen LogP contribution in [0.1, 0.15) is 0 Å². The number of fused-ring (bicyclic) bond motifs is 9. The Kier molecular flexibility index (Phi) is 7.26. The molecule has 2 heterocycles. The predicted molar refractivity (Wildman–Crippen MR) is 246 cm³/mol. The van der Waals surface area contributed by atoms with Gasteiger partial charge in [-0.15, -0.1) is 0 Å². The highest BCUT2D eigenvalue weighted by Crippen LogP contribution is 2.48. The fourth-order valence-corrected chi connectivity index (χ4v) is 9.59. The fraction of sp³-hybridized carbons (Fsp3) is 0. The Bertz CT molecular complexity index is 3370. The molecule has 0 aliphatic heterocycles. The highest BCUT2D eigenvalue weighted by atomic mass is 14.7. The maximum Gasteiger partial charge on any atom is 0.0708 e. The molecule has 0 bridgehead atoms. The van der Waals surface area contributed by atoms with E-state index in [2.05, 4.69) is 207 Å². The van der Waals surface area contributed by atoms with E-state index in [-0.39, 0.29) is 0 Å². The van der Waals surface area contributed by atoms with Gasteiger partial charge in [0.2, 0.25) is 0 Å². The van der Waals surface area contributed by atoms with Crippen LogP contribution < -0.4 is 0 Å². The van der Waals surface area contributed by atoms with Gasteiger partial charge in [0.1, 0.15) is 0 Å². The summed E-state index contributed by atoms with van der Waals surface area (Å²) >= 11 is 0. The van der Waals surface area contributed by atoms with Gasteiger partial charge >= 0.3 is 0 Å². The first-order chi connectivity index (χ1) is 28.8. The second-order valence-electron chi connectivity index (χ2n) is 15.2. The number of aromatic nitrogens is 2. The smallest absolute Gasteiger partial charge is 0.0708 e. The predicted octanol–water partition coefficient (Wildman–Crippen LogP) is 15.2. The van der Waals surface area contributed by atoms with Crippen molar-refractivity contribution in [2.24, 2.45) is 0 Å². The molecule has 0 saturated heterocycles. The van der Waals surface area contributed by atoms with E-state index < -0.39 is 0 Å². The lowest BCUT2D eigenvalue weighted by atomic mass is 9.84. The van der Waals surface area contributed by atoms with Gasteiger partial charge in [0.05, 0.1) is 11.0 Å². The molecule has 10 aromatic carbocycles. The standard InChI is InChI=1S/C56H34N2/c1-3-15-35(16-4-1)53-43-21-9-7-19-41(43)51(47-33-57-49-25-13-11-23-45(49)55(47)53)39-29-27-38-32-40(30-28-37(38)31-39)52-42-20-8-10-22-44(42)54(36-17-5-2-6-18-36)56-46-24-12-14-26-50(46)58-34-48(52)56/h1-34H. The SMILES string of the molecule is c1ccc(-c2c3ccccc3c(-c3ccc4cc(-c5c6ccccc6c(-c6ccccc6)c6c5cnc5ccccc56)ccc4c3)c3cnc4ccccc4c23)cc1. The highest BCUT2D eigenvalue weighted by molar-refractivity contribution is 6.29. The lowest BCUT2D eigenvalue weighted by Gasteiger charge is -2.20. The Balaban J connectivity index is 1.11. The van der Waals surface area contributed by atoms with Crippen molar-refractivity contribution in [3.05, 3.63) is 207 Å². The second kappa shape index (κ2) is 12.9. The van der Waals surface area contributed by atoms with Crippen molar-refractivity contribution < 1.29 is 0 Å². The minimum Gasteiger partial charge on any atom is -0.256 e. The Morgan fingerprint density at radius 2 is 0.586 bits per heavy atom. The summed E-state index contributed by atoms with van der Waals surface area (Å²) in [6, 6.07) is 70.3. The minimum atomic E-state index is 1.000. The normalized spacial score (nSPS) is 11.8. The van der Waals surface area contributed by atoms with Crippen LogP contribution in [0.2, 0.25) is 0 Å². The van der Waals surface area contributed by atoms with Crippen LogP contribution in [0.25, 0.3) is 120 Å². The van der Waals surface area contributed by atoms with Gasteiger partial charge < -0.3 is 0 Å². The first-order valence-electron chi connectivity index (χ1n) is 19.9. The van der Waals surface area contributed by atoms with Crippen molar-refractivity contribution in [2.75, 3.05) is 0 Å². The van der Waals surface area contributed by atoms with Gasteiger partial charge in [0, 0.05) is 44.7 Å². The molecule has 0 atom stereocenters. The summed E-state index contributed by atoms with van der Waals surface area (Å²) in [5.41, 5.74) is 11.7. The van der Waals surface area contributed by atoms with E-state index in [0.717, 1.165) is 32.6 Å². The molecule has 12 aromatic rings. The lowest BCUT2D eigenvalue weighted by Crippen LogP contribution is -1.94. The van der Waals surface area contributed by atoms with Crippen LogP contribution in [0.4, 0.5) is 0 Å². The molecular formula is C56H34N2. The fourth-order valence-electron chi connectivity index (χ4n) is 9.59. The molecule has 0 radical (unpaired) electrons. The first kappa shape index (κ1) is 32.6. The second-order valence-corrected chi connectivity index (χ2v) is 15.2. The van der Waals surface area contributed by atoms with E-state index >= 15 is 0 Å². The van der Waals surface area contributed by atoms with Crippen LogP contribution in [0, 0.1) is 0 Å². The van der Waals surface area contributed by atoms with Crippen LogP contribution in [0.15, 0.2) is 207 Å². The third-order valence-corrected chi connectivity index (χ3v) is 12.1. The first-order valence-corrected chi connectivity index (χ1v) is 19.9. The topological polar surface area (TPSA) is 25.8 Å². The van der Waals surface area contributed by atoms with Gasteiger partial charge in [0.15, 0.2) is 0 Å². The van der Waals surface area contributed by atoms with Crippen LogP contribution in [-0.2, 0) is 0 Å². The maximum absolute atomic E-state index is 5.03. The molecule has 58 heavy (non-hydrogen) atoms.